The second-order valence-corrected chi connectivity index (χ2v) is 5.64. The quantitative estimate of drug-likeness (QED) is 0.851. The number of rotatable bonds is 2. The largest absolute Gasteiger partial charge is 0.459 e. The summed E-state index contributed by atoms with van der Waals surface area (Å²) in [5.41, 5.74) is 1.88. The molecule has 4 nitrogen and oxygen atoms in total. The number of amides is 1. The van der Waals surface area contributed by atoms with Gasteiger partial charge in [-0.3, -0.25) is 4.79 Å². The first-order chi connectivity index (χ1) is 10.2. The minimum atomic E-state index is -0.0144. The van der Waals surface area contributed by atoms with Gasteiger partial charge in [0.2, 0.25) is 0 Å². The summed E-state index contributed by atoms with van der Waals surface area (Å²) in [5, 5.41) is 0. The number of carbonyl (C=O) groups is 1. The van der Waals surface area contributed by atoms with Gasteiger partial charge in [0, 0.05) is 31.2 Å². The van der Waals surface area contributed by atoms with Crippen molar-refractivity contribution >= 4 is 5.91 Å². The average molecular weight is 284 g/mol. The first kappa shape index (κ1) is 13.9. The van der Waals surface area contributed by atoms with Gasteiger partial charge in [-0.1, -0.05) is 30.3 Å². The molecule has 1 aliphatic rings. The van der Waals surface area contributed by atoms with Gasteiger partial charge in [0.05, 0.1) is 6.26 Å². The van der Waals surface area contributed by atoms with Crippen LogP contribution in [0, 0.1) is 0 Å². The van der Waals surface area contributed by atoms with E-state index in [0.29, 0.717) is 5.76 Å². The van der Waals surface area contributed by atoms with E-state index in [1.165, 1.54) is 0 Å². The molecule has 0 aliphatic carbocycles. The third-order valence-electron chi connectivity index (χ3n) is 4.04. The van der Waals surface area contributed by atoms with E-state index in [2.05, 4.69) is 18.9 Å². The predicted molar refractivity (Wildman–Crippen MR) is 82.1 cm³/mol. The Morgan fingerprint density at radius 1 is 1.19 bits per heavy atom. The molecular weight excluding hydrogens is 264 g/mol. The van der Waals surface area contributed by atoms with Crippen molar-refractivity contribution in [3.8, 4) is 11.1 Å². The van der Waals surface area contributed by atoms with Crippen LogP contribution in [0.4, 0.5) is 0 Å². The lowest BCUT2D eigenvalue weighted by molar-refractivity contribution is 0.0504. The summed E-state index contributed by atoms with van der Waals surface area (Å²) in [6.45, 7) is 4.62. The number of hydrogen-bond acceptors (Lipinski definition) is 3. The van der Waals surface area contributed by atoms with Crippen LogP contribution in [-0.4, -0.2) is 48.4 Å². The zero-order chi connectivity index (χ0) is 14.8. The van der Waals surface area contributed by atoms with E-state index in [4.69, 9.17) is 4.42 Å². The van der Waals surface area contributed by atoms with Crippen LogP contribution in [-0.2, 0) is 0 Å². The van der Waals surface area contributed by atoms with Crippen molar-refractivity contribution in [1.29, 1.82) is 0 Å². The van der Waals surface area contributed by atoms with Crippen molar-refractivity contribution in [2.24, 2.45) is 0 Å². The van der Waals surface area contributed by atoms with Crippen LogP contribution in [0.25, 0.3) is 11.1 Å². The van der Waals surface area contributed by atoms with Crippen molar-refractivity contribution in [3.05, 3.63) is 48.4 Å². The minimum Gasteiger partial charge on any atom is -0.459 e. The summed E-state index contributed by atoms with van der Waals surface area (Å²) < 4.78 is 5.50. The van der Waals surface area contributed by atoms with E-state index in [0.717, 1.165) is 30.8 Å². The standard InChI is InChI=1S/C17H20N2O2/c1-13-12-18(2)9-10-19(13)17(20)16-15(8-11-21-16)14-6-4-3-5-7-14/h3-8,11,13H,9-10,12H2,1-2H3/t13-/m0/s1. The molecule has 3 rings (SSSR count). The van der Waals surface area contributed by atoms with Crippen LogP contribution in [0.15, 0.2) is 47.1 Å². The van der Waals surface area contributed by atoms with Crippen LogP contribution in [0.5, 0.6) is 0 Å². The molecule has 2 aromatic rings. The van der Waals surface area contributed by atoms with E-state index in [1.807, 2.05) is 41.3 Å². The maximum atomic E-state index is 12.8. The molecule has 1 aromatic heterocycles. The number of nitrogens with zero attached hydrogens (tertiary/aromatic N) is 2. The van der Waals surface area contributed by atoms with Gasteiger partial charge in [-0.05, 0) is 25.6 Å². The van der Waals surface area contributed by atoms with Gasteiger partial charge >= 0.3 is 0 Å². The summed E-state index contributed by atoms with van der Waals surface area (Å²) in [4.78, 5) is 16.9. The molecule has 0 radical (unpaired) electrons. The highest BCUT2D eigenvalue weighted by atomic mass is 16.3. The molecule has 1 saturated heterocycles. The topological polar surface area (TPSA) is 36.7 Å². The molecule has 0 spiro atoms. The lowest BCUT2D eigenvalue weighted by Gasteiger charge is -2.37. The van der Waals surface area contributed by atoms with Crippen LogP contribution in [0.3, 0.4) is 0 Å². The van der Waals surface area contributed by atoms with Crippen molar-refractivity contribution < 1.29 is 9.21 Å². The number of hydrogen-bond donors (Lipinski definition) is 0. The Labute approximate surface area is 125 Å². The van der Waals surface area contributed by atoms with Gasteiger partial charge in [-0.2, -0.15) is 0 Å². The molecule has 1 atom stereocenters. The Hall–Kier alpha value is -2.07. The Bertz CT molecular complexity index is 621. The highest BCUT2D eigenvalue weighted by Crippen LogP contribution is 2.26. The van der Waals surface area contributed by atoms with Crippen LogP contribution < -0.4 is 0 Å². The molecule has 4 heteroatoms. The van der Waals surface area contributed by atoms with Crippen molar-refractivity contribution in [2.75, 3.05) is 26.7 Å². The van der Waals surface area contributed by atoms with Gasteiger partial charge in [-0.15, -0.1) is 0 Å². The first-order valence-electron chi connectivity index (χ1n) is 7.29. The molecule has 1 aliphatic heterocycles. The number of likely N-dealkylation sites (N-methyl/N-ethyl adjacent to an activating group) is 1. The van der Waals surface area contributed by atoms with E-state index in [1.54, 1.807) is 6.26 Å². The summed E-state index contributed by atoms with van der Waals surface area (Å²) in [6, 6.07) is 12.0. The normalized spacial score (nSPS) is 19.7. The molecule has 0 saturated carbocycles. The zero-order valence-corrected chi connectivity index (χ0v) is 12.5. The van der Waals surface area contributed by atoms with E-state index >= 15 is 0 Å². The molecule has 0 N–H and O–H groups in total. The van der Waals surface area contributed by atoms with Gasteiger partial charge in [0.15, 0.2) is 5.76 Å². The van der Waals surface area contributed by atoms with Crippen LogP contribution in [0.2, 0.25) is 0 Å². The number of furan rings is 1. The maximum absolute atomic E-state index is 12.8. The van der Waals surface area contributed by atoms with Crippen molar-refractivity contribution in [2.45, 2.75) is 13.0 Å². The smallest absolute Gasteiger partial charge is 0.290 e. The lowest BCUT2D eigenvalue weighted by atomic mass is 10.1. The molecule has 1 aromatic carbocycles. The third kappa shape index (κ3) is 2.72. The van der Waals surface area contributed by atoms with E-state index < -0.39 is 0 Å². The molecule has 21 heavy (non-hydrogen) atoms. The first-order valence-corrected chi connectivity index (χ1v) is 7.29. The maximum Gasteiger partial charge on any atom is 0.290 e. The number of carbonyl (C=O) groups excluding carboxylic acids is 1. The highest BCUT2D eigenvalue weighted by Gasteiger charge is 2.29. The van der Waals surface area contributed by atoms with Gasteiger partial charge in [0.1, 0.15) is 0 Å². The van der Waals surface area contributed by atoms with Crippen LogP contribution >= 0.6 is 0 Å². The number of piperazine rings is 1. The van der Waals surface area contributed by atoms with Crippen molar-refractivity contribution in [3.63, 3.8) is 0 Å². The molecule has 110 valence electrons. The predicted octanol–water partition coefficient (Wildman–Crippen LogP) is 2.72. The average Bonchev–Trinajstić information content (AvgIpc) is 2.97. The lowest BCUT2D eigenvalue weighted by Crippen LogP contribution is -2.52. The van der Waals surface area contributed by atoms with Crippen LogP contribution in [0.1, 0.15) is 17.5 Å². The summed E-state index contributed by atoms with van der Waals surface area (Å²) >= 11 is 0. The number of benzene rings is 1. The summed E-state index contributed by atoms with van der Waals surface area (Å²) in [7, 11) is 2.08. The van der Waals surface area contributed by atoms with Gasteiger partial charge < -0.3 is 14.2 Å². The fourth-order valence-corrected chi connectivity index (χ4v) is 2.89. The van der Waals surface area contributed by atoms with Gasteiger partial charge in [0.25, 0.3) is 5.91 Å². The Morgan fingerprint density at radius 2 is 1.95 bits per heavy atom. The second kappa shape index (κ2) is 5.74. The molecule has 2 heterocycles. The zero-order valence-electron chi connectivity index (χ0n) is 12.5. The van der Waals surface area contributed by atoms with Gasteiger partial charge in [-0.25, -0.2) is 0 Å². The Morgan fingerprint density at radius 3 is 2.67 bits per heavy atom. The molecule has 1 amide bonds. The minimum absolute atomic E-state index is 0.0144. The summed E-state index contributed by atoms with van der Waals surface area (Å²) in [5.74, 6) is 0.428. The molecule has 1 fully saturated rings. The second-order valence-electron chi connectivity index (χ2n) is 5.64. The Balaban J connectivity index is 1.88. The van der Waals surface area contributed by atoms with Crippen molar-refractivity contribution in [1.82, 2.24) is 9.80 Å². The third-order valence-corrected chi connectivity index (χ3v) is 4.04. The fourth-order valence-electron chi connectivity index (χ4n) is 2.89. The summed E-state index contributed by atoms with van der Waals surface area (Å²) in [6.07, 6.45) is 1.59. The fraction of sp³-hybridized carbons (Fsp3) is 0.353. The van der Waals surface area contributed by atoms with E-state index in [-0.39, 0.29) is 11.9 Å². The SMILES string of the molecule is C[C@H]1CN(C)CCN1C(=O)c1occc1-c1ccccc1. The Kier molecular flexibility index (Phi) is 3.80. The molecule has 0 unspecified atom stereocenters. The monoisotopic (exact) mass is 284 g/mol. The highest BCUT2D eigenvalue weighted by molar-refractivity contribution is 5.98. The van der Waals surface area contributed by atoms with E-state index in [9.17, 15) is 4.79 Å². The molecule has 0 bridgehead atoms. The molecular formula is C17H20N2O2.